The summed E-state index contributed by atoms with van der Waals surface area (Å²) in [6.45, 7) is 1.93. The highest BCUT2D eigenvalue weighted by atomic mass is 32.3. The number of rotatable bonds is 1. The number of aryl methyl sites for hydroxylation is 1. The molecule has 0 aliphatic carbocycles. The summed E-state index contributed by atoms with van der Waals surface area (Å²) in [7, 11) is -5.17. The number of nitrogens with two attached hydrogens (primary N) is 2. The number of quaternary nitrogens is 1. The first-order chi connectivity index (χ1) is 7.72. The molecule has 6 N–H and O–H groups in total. The second kappa shape index (κ2) is 6.75. The predicted molar refractivity (Wildman–Crippen MR) is 53.2 cm³/mol. The number of oxime groups is 1. The SMILES string of the molecule is Cc1cccc([NH2+]/C(N)=N/O)[nH+]1.O=S(=O)([O-])[O-]. The van der Waals surface area contributed by atoms with Crippen molar-refractivity contribution in [1.29, 1.82) is 0 Å². The fraction of sp³-hybridized carbons (Fsp3) is 0.143. The Hall–Kier alpha value is -1.75. The minimum atomic E-state index is -5.17. The van der Waals surface area contributed by atoms with Crippen LogP contribution in [-0.2, 0) is 10.4 Å². The van der Waals surface area contributed by atoms with Gasteiger partial charge in [0, 0.05) is 23.4 Å². The molecule has 0 radical (unpaired) electrons. The van der Waals surface area contributed by atoms with Crippen LogP contribution in [0.1, 0.15) is 5.69 Å². The second-order valence-corrected chi connectivity index (χ2v) is 3.68. The predicted octanol–water partition coefficient (Wildman–Crippen LogP) is -2.63. The molecule has 1 rings (SSSR count). The van der Waals surface area contributed by atoms with Gasteiger partial charge in [0.15, 0.2) is 5.69 Å². The Kier molecular flexibility index (Phi) is 6.06. The molecule has 96 valence electrons. The van der Waals surface area contributed by atoms with Gasteiger partial charge in [-0.05, 0) is 11.2 Å². The Balaban J connectivity index is 0.000000437. The number of nitrogens with zero attached hydrogens (tertiary/aromatic N) is 1. The molecule has 0 atom stereocenters. The zero-order valence-corrected chi connectivity index (χ0v) is 9.64. The average molecular weight is 264 g/mol. The van der Waals surface area contributed by atoms with Gasteiger partial charge in [0.05, 0.1) is 6.07 Å². The van der Waals surface area contributed by atoms with Crippen LogP contribution in [0.25, 0.3) is 0 Å². The third kappa shape index (κ3) is 10.5. The highest BCUT2D eigenvalue weighted by Crippen LogP contribution is 1.89. The van der Waals surface area contributed by atoms with Crippen molar-refractivity contribution in [1.82, 2.24) is 0 Å². The minimum Gasteiger partial charge on any atom is -0.759 e. The maximum Gasteiger partial charge on any atom is 0.371 e. The lowest BCUT2D eigenvalue weighted by Crippen LogP contribution is -2.87. The van der Waals surface area contributed by atoms with Crippen molar-refractivity contribution < 1.29 is 33.0 Å². The molecule has 0 spiro atoms. The van der Waals surface area contributed by atoms with Crippen LogP contribution in [0.4, 0.5) is 5.82 Å². The van der Waals surface area contributed by atoms with Crippen molar-refractivity contribution in [3.05, 3.63) is 23.9 Å². The largest absolute Gasteiger partial charge is 0.759 e. The molecule has 17 heavy (non-hydrogen) atoms. The lowest BCUT2D eigenvalue weighted by Gasteiger charge is -2.06. The van der Waals surface area contributed by atoms with Gasteiger partial charge in [-0.3, -0.25) is 8.42 Å². The van der Waals surface area contributed by atoms with Crippen molar-refractivity contribution >= 4 is 22.2 Å². The molecule has 0 aromatic carbocycles. The first-order valence-corrected chi connectivity index (χ1v) is 5.53. The van der Waals surface area contributed by atoms with Crippen LogP contribution in [0.3, 0.4) is 0 Å². The third-order valence-corrected chi connectivity index (χ3v) is 1.38. The van der Waals surface area contributed by atoms with E-state index in [9.17, 15) is 0 Å². The Labute approximate surface area is 97.6 Å². The summed E-state index contributed by atoms with van der Waals surface area (Å²) in [5.74, 6) is 0.891. The molecule has 0 bridgehead atoms. The molecule has 9 nitrogen and oxygen atoms in total. The maximum atomic E-state index is 8.52. The second-order valence-electron chi connectivity index (χ2n) is 2.87. The number of pyridine rings is 1. The number of nitrogens with one attached hydrogen (secondary N) is 1. The van der Waals surface area contributed by atoms with Crippen molar-refractivity contribution in [2.45, 2.75) is 6.92 Å². The molecule has 0 amide bonds. The molecular weight excluding hydrogens is 252 g/mol. The molecule has 10 heteroatoms. The summed E-state index contributed by atoms with van der Waals surface area (Å²) in [6, 6.07) is 5.66. The van der Waals surface area contributed by atoms with E-state index in [1.807, 2.05) is 25.1 Å². The first kappa shape index (κ1) is 15.2. The van der Waals surface area contributed by atoms with Crippen molar-refractivity contribution in [3.63, 3.8) is 0 Å². The van der Waals surface area contributed by atoms with Crippen molar-refractivity contribution in [2.75, 3.05) is 0 Å². The van der Waals surface area contributed by atoms with Gasteiger partial charge < -0.3 is 20.0 Å². The molecule has 1 aromatic rings. The van der Waals surface area contributed by atoms with Gasteiger partial charge in [-0.2, -0.15) is 10.3 Å². The van der Waals surface area contributed by atoms with Crippen LogP contribution in [0.5, 0.6) is 0 Å². The number of H-pyrrole nitrogens is 1. The van der Waals surface area contributed by atoms with Crippen LogP contribution in [0, 0.1) is 6.92 Å². The lowest BCUT2D eigenvalue weighted by atomic mass is 10.4. The Morgan fingerprint density at radius 1 is 1.53 bits per heavy atom. The van der Waals surface area contributed by atoms with E-state index in [2.05, 4.69) is 10.1 Å². The molecule has 0 fully saturated rings. The quantitative estimate of drug-likeness (QED) is 0.125. The molecule has 1 aromatic heterocycles. The molecule has 0 aliphatic heterocycles. The Morgan fingerprint density at radius 2 is 2.06 bits per heavy atom. The smallest absolute Gasteiger partial charge is 0.371 e. The van der Waals surface area contributed by atoms with E-state index in [1.54, 1.807) is 5.32 Å². The molecule has 1 heterocycles. The van der Waals surface area contributed by atoms with Crippen LogP contribution >= 0.6 is 0 Å². The van der Waals surface area contributed by atoms with Gasteiger partial charge in [0.2, 0.25) is 0 Å². The van der Waals surface area contributed by atoms with Crippen LogP contribution in [0.2, 0.25) is 0 Å². The van der Waals surface area contributed by atoms with Gasteiger partial charge in [0.25, 0.3) is 0 Å². The minimum absolute atomic E-state index is 0.0804. The third-order valence-electron chi connectivity index (χ3n) is 1.38. The molecular formula is C7H12N4O5S. The highest BCUT2D eigenvalue weighted by Gasteiger charge is 2.07. The number of hydrogen-bond acceptors (Lipinski definition) is 6. The van der Waals surface area contributed by atoms with Crippen molar-refractivity contribution in [2.24, 2.45) is 10.9 Å². The highest BCUT2D eigenvalue weighted by molar-refractivity contribution is 7.79. The molecule has 0 saturated carbocycles. The average Bonchev–Trinajstić information content (AvgIpc) is 2.15. The van der Waals surface area contributed by atoms with Crippen molar-refractivity contribution in [3.8, 4) is 0 Å². The lowest BCUT2D eigenvalue weighted by molar-refractivity contribution is -0.568. The van der Waals surface area contributed by atoms with E-state index in [-0.39, 0.29) is 5.96 Å². The van der Waals surface area contributed by atoms with Crippen LogP contribution in [-0.4, -0.2) is 28.7 Å². The van der Waals surface area contributed by atoms with E-state index in [0.29, 0.717) is 0 Å². The zero-order valence-electron chi connectivity index (χ0n) is 8.82. The fourth-order valence-corrected chi connectivity index (χ4v) is 0.880. The Morgan fingerprint density at radius 3 is 2.47 bits per heavy atom. The number of guanidine groups is 1. The van der Waals surface area contributed by atoms with Gasteiger partial charge in [-0.1, -0.05) is 0 Å². The summed E-state index contributed by atoms with van der Waals surface area (Å²) in [4.78, 5) is 3.04. The summed E-state index contributed by atoms with van der Waals surface area (Å²) < 4.78 is 34.1. The van der Waals surface area contributed by atoms with Crippen LogP contribution in [0.15, 0.2) is 23.4 Å². The van der Waals surface area contributed by atoms with E-state index < -0.39 is 10.4 Å². The summed E-state index contributed by atoms with van der Waals surface area (Å²) in [5.41, 5.74) is 6.30. The number of hydrogen-bond donors (Lipinski definition) is 3. The van der Waals surface area contributed by atoms with E-state index in [4.69, 9.17) is 28.5 Å². The van der Waals surface area contributed by atoms with Gasteiger partial charge in [-0.15, -0.1) is 0 Å². The number of aromatic amines is 1. The van der Waals surface area contributed by atoms with E-state index in [0.717, 1.165) is 11.5 Å². The fourth-order valence-electron chi connectivity index (χ4n) is 0.880. The molecule has 0 unspecified atom stereocenters. The van der Waals surface area contributed by atoms with Gasteiger partial charge in [0.1, 0.15) is 0 Å². The Bertz CT molecular complexity index is 479. The monoisotopic (exact) mass is 264 g/mol. The summed E-state index contributed by atoms with van der Waals surface area (Å²) >= 11 is 0. The van der Waals surface area contributed by atoms with E-state index >= 15 is 0 Å². The standard InChI is InChI=1S/C7H10N4O.H2O4S/c1-5-3-2-4-6(9-5)10-7(8)11-12;1-5(2,3)4/h2-4,12H,1H3,(H3,8,9,10,11);(H2,1,2,3,4). The topological polar surface area (TPSA) is 170 Å². The summed E-state index contributed by atoms with van der Waals surface area (Å²) in [6.07, 6.45) is 0. The normalized spacial score (nSPS) is 11.6. The van der Waals surface area contributed by atoms with Gasteiger partial charge >= 0.3 is 11.8 Å². The molecule has 0 saturated heterocycles. The van der Waals surface area contributed by atoms with Gasteiger partial charge in [-0.25, -0.2) is 0 Å². The van der Waals surface area contributed by atoms with Crippen LogP contribution < -0.4 is 16.0 Å². The van der Waals surface area contributed by atoms with E-state index in [1.165, 1.54) is 0 Å². The molecule has 0 aliphatic rings. The number of aromatic nitrogens is 1. The maximum absolute atomic E-state index is 8.52. The zero-order chi connectivity index (χ0) is 13.5. The first-order valence-electron chi connectivity index (χ1n) is 4.20. The summed E-state index contributed by atoms with van der Waals surface area (Å²) in [5, 5.41) is 12.7.